The molecular weight excluding hydrogens is 470 g/mol. The average molecular weight is 502 g/mol. The van der Waals surface area contributed by atoms with Crippen molar-refractivity contribution in [2.45, 2.75) is 57.8 Å². The Morgan fingerprint density at radius 2 is 1.86 bits per heavy atom. The van der Waals surface area contributed by atoms with Gasteiger partial charge in [-0.1, -0.05) is 37.3 Å². The summed E-state index contributed by atoms with van der Waals surface area (Å²) < 4.78 is 6.83. The van der Waals surface area contributed by atoms with Crippen molar-refractivity contribution in [1.29, 1.82) is 0 Å². The monoisotopic (exact) mass is 501 g/mol. The number of para-hydroxylation sites is 1. The first-order valence-electron chi connectivity index (χ1n) is 12.5. The van der Waals surface area contributed by atoms with Crippen LogP contribution >= 0.6 is 0 Å². The summed E-state index contributed by atoms with van der Waals surface area (Å²) in [6, 6.07) is 15.0. The average Bonchev–Trinajstić information content (AvgIpc) is 3.65. The van der Waals surface area contributed by atoms with Gasteiger partial charge in [-0.2, -0.15) is 0 Å². The highest BCUT2D eigenvalue weighted by Gasteiger charge is 2.53. The van der Waals surface area contributed by atoms with Gasteiger partial charge in [-0.3, -0.25) is 14.4 Å². The first-order valence-corrected chi connectivity index (χ1v) is 12.5. The van der Waals surface area contributed by atoms with Crippen molar-refractivity contribution in [1.82, 2.24) is 19.8 Å². The lowest BCUT2D eigenvalue weighted by molar-refractivity contribution is -0.133. The molecule has 0 saturated heterocycles. The third-order valence-electron chi connectivity index (χ3n) is 7.14. The van der Waals surface area contributed by atoms with E-state index in [-0.39, 0.29) is 35.8 Å². The van der Waals surface area contributed by atoms with Gasteiger partial charge in [0.05, 0.1) is 20.0 Å². The molecule has 1 saturated carbocycles. The zero-order valence-electron chi connectivity index (χ0n) is 21.3. The van der Waals surface area contributed by atoms with Gasteiger partial charge in [-0.15, -0.1) is 0 Å². The van der Waals surface area contributed by atoms with Crippen LogP contribution in [0.5, 0.6) is 5.75 Å². The van der Waals surface area contributed by atoms with Gasteiger partial charge in [0.2, 0.25) is 5.91 Å². The van der Waals surface area contributed by atoms with Crippen molar-refractivity contribution in [2.24, 2.45) is 0 Å². The van der Waals surface area contributed by atoms with Crippen LogP contribution in [0.2, 0.25) is 0 Å². The van der Waals surface area contributed by atoms with Gasteiger partial charge in [-0.05, 0) is 55.5 Å². The lowest BCUT2D eigenvalue weighted by Crippen LogP contribution is -2.64. The molecule has 2 heterocycles. The zero-order chi connectivity index (χ0) is 26.2. The minimum Gasteiger partial charge on any atom is -0.497 e. The summed E-state index contributed by atoms with van der Waals surface area (Å²) in [5.41, 5.74) is 1.80. The fourth-order valence-corrected chi connectivity index (χ4v) is 4.97. The second kappa shape index (κ2) is 9.72. The van der Waals surface area contributed by atoms with Crippen LogP contribution in [-0.2, 0) is 24.3 Å². The molecule has 5 rings (SSSR count). The van der Waals surface area contributed by atoms with Crippen LogP contribution in [0, 0.1) is 0 Å². The molecule has 1 aromatic heterocycles. The number of anilines is 1. The molecule has 192 valence electrons. The van der Waals surface area contributed by atoms with Crippen molar-refractivity contribution < 1.29 is 19.1 Å². The van der Waals surface area contributed by atoms with Crippen LogP contribution in [0.15, 0.2) is 54.9 Å². The molecule has 37 heavy (non-hydrogen) atoms. The highest BCUT2D eigenvalue weighted by Crippen LogP contribution is 2.39. The topological polar surface area (TPSA) is 106 Å². The van der Waals surface area contributed by atoms with E-state index in [0.717, 1.165) is 36.1 Å². The normalized spacial score (nSPS) is 18.8. The second-order valence-electron chi connectivity index (χ2n) is 9.75. The van der Waals surface area contributed by atoms with E-state index in [0.29, 0.717) is 12.2 Å². The van der Waals surface area contributed by atoms with Crippen LogP contribution in [0.4, 0.5) is 5.69 Å². The van der Waals surface area contributed by atoms with E-state index in [4.69, 9.17) is 4.74 Å². The Morgan fingerprint density at radius 3 is 2.54 bits per heavy atom. The van der Waals surface area contributed by atoms with Crippen molar-refractivity contribution in [3.8, 4) is 5.75 Å². The van der Waals surface area contributed by atoms with E-state index >= 15 is 0 Å². The fourth-order valence-electron chi connectivity index (χ4n) is 4.97. The number of fused-ring (bicyclic) bond motifs is 1. The smallest absolute Gasteiger partial charge is 0.276 e. The first-order chi connectivity index (χ1) is 17.9. The van der Waals surface area contributed by atoms with Gasteiger partial charge < -0.3 is 24.8 Å². The zero-order valence-corrected chi connectivity index (χ0v) is 21.3. The Balaban J connectivity index is 1.39. The highest BCUT2D eigenvalue weighted by molar-refractivity contribution is 6.12. The SMILES string of the molecule is CCc1ccccc1NC(=O)c1ncn2c1C(=O)N(C1CC1)[C@@](C)(C(=O)NCc1ccc(OC)cc1)C2. The van der Waals surface area contributed by atoms with Crippen LogP contribution in [0.3, 0.4) is 0 Å². The molecule has 1 atom stereocenters. The van der Waals surface area contributed by atoms with E-state index in [1.54, 1.807) is 23.5 Å². The molecule has 9 heteroatoms. The summed E-state index contributed by atoms with van der Waals surface area (Å²) in [7, 11) is 1.60. The Morgan fingerprint density at radius 1 is 1.14 bits per heavy atom. The molecule has 2 aliphatic rings. The number of amides is 3. The molecule has 0 unspecified atom stereocenters. The molecule has 0 bridgehead atoms. The molecule has 2 aromatic carbocycles. The van der Waals surface area contributed by atoms with Gasteiger partial charge in [0.1, 0.15) is 17.0 Å². The number of rotatable bonds is 8. The van der Waals surface area contributed by atoms with E-state index in [9.17, 15) is 14.4 Å². The van der Waals surface area contributed by atoms with E-state index in [1.165, 1.54) is 6.33 Å². The molecular formula is C28H31N5O4. The van der Waals surface area contributed by atoms with Crippen LogP contribution in [0.1, 0.15) is 58.8 Å². The maximum atomic E-state index is 13.8. The summed E-state index contributed by atoms with van der Waals surface area (Å²) in [4.78, 5) is 46.5. The number of carbonyl (C=O) groups excluding carboxylic acids is 3. The van der Waals surface area contributed by atoms with Crippen molar-refractivity contribution in [3.05, 3.63) is 77.4 Å². The van der Waals surface area contributed by atoms with Crippen molar-refractivity contribution in [3.63, 3.8) is 0 Å². The Labute approximate surface area is 215 Å². The van der Waals surface area contributed by atoms with Crippen LogP contribution in [0.25, 0.3) is 0 Å². The number of aryl methyl sites for hydroxylation is 1. The quantitative estimate of drug-likeness (QED) is 0.492. The number of benzene rings is 2. The van der Waals surface area contributed by atoms with Gasteiger partial charge in [0, 0.05) is 18.3 Å². The molecule has 2 N–H and O–H groups in total. The summed E-state index contributed by atoms with van der Waals surface area (Å²) in [6.45, 7) is 4.34. The Kier molecular flexibility index (Phi) is 6.45. The number of hydrogen-bond acceptors (Lipinski definition) is 5. The number of nitrogens with one attached hydrogen (secondary N) is 2. The van der Waals surface area contributed by atoms with Gasteiger partial charge in [0.15, 0.2) is 5.69 Å². The van der Waals surface area contributed by atoms with Crippen molar-refractivity contribution in [2.75, 3.05) is 12.4 Å². The lowest BCUT2D eigenvalue weighted by atomic mass is 9.93. The van der Waals surface area contributed by atoms with Gasteiger partial charge >= 0.3 is 0 Å². The third kappa shape index (κ3) is 4.57. The molecule has 0 spiro atoms. The van der Waals surface area contributed by atoms with Gasteiger partial charge in [-0.25, -0.2) is 4.98 Å². The molecule has 9 nitrogen and oxygen atoms in total. The number of hydrogen-bond donors (Lipinski definition) is 2. The summed E-state index contributed by atoms with van der Waals surface area (Å²) >= 11 is 0. The second-order valence-corrected chi connectivity index (χ2v) is 9.75. The van der Waals surface area contributed by atoms with E-state index in [1.807, 2.05) is 55.5 Å². The predicted molar refractivity (Wildman–Crippen MR) is 138 cm³/mol. The Bertz CT molecular complexity index is 1340. The van der Waals surface area contributed by atoms with Gasteiger partial charge in [0.25, 0.3) is 11.8 Å². The van der Waals surface area contributed by atoms with E-state index < -0.39 is 11.4 Å². The lowest BCUT2D eigenvalue weighted by Gasteiger charge is -2.44. The largest absolute Gasteiger partial charge is 0.497 e. The third-order valence-corrected chi connectivity index (χ3v) is 7.14. The maximum absolute atomic E-state index is 13.8. The Hall–Kier alpha value is -4.14. The molecule has 3 amide bonds. The number of carbonyl (C=O) groups is 3. The molecule has 1 fully saturated rings. The summed E-state index contributed by atoms with van der Waals surface area (Å²) in [5.74, 6) is -0.287. The van der Waals surface area contributed by atoms with Crippen molar-refractivity contribution >= 4 is 23.4 Å². The summed E-state index contributed by atoms with van der Waals surface area (Å²) in [6.07, 6.45) is 3.89. The predicted octanol–water partition coefficient (Wildman–Crippen LogP) is 3.40. The van der Waals surface area contributed by atoms with Crippen LogP contribution < -0.4 is 15.4 Å². The van der Waals surface area contributed by atoms with Crippen LogP contribution in [-0.4, -0.2) is 50.9 Å². The molecule has 0 radical (unpaired) electrons. The highest BCUT2D eigenvalue weighted by atomic mass is 16.5. The minimum atomic E-state index is -1.11. The number of nitrogens with zero attached hydrogens (tertiary/aromatic N) is 3. The number of ether oxygens (including phenoxy) is 1. The standard InChI is InChI=1S/C28H31N5O4/c1-4-19-7-5-6-8-22(19)31-25(34)23-24-26(35)33(20-11-12-20)28(2,16-32(24)17-30-23)27(36)29-15-18-9-13-21(37-3)14-10-18/h5-10,13-14,17,20H,4,11-12,15-16H2,1-3H3,(H,29,36)(H,31,34)/t28-/m1/s1. The first kappa shape index (κ1) is 24.5. The maximum Gasteiger partial charge on any atom is 0.276 e. The minimum absolute atomic E-state index is 0.0374. The molecule has 3 aromatic rings. The number of imidazole rings is 1. The summed E-state index contributed by atoms with van der Waals surface area (Å²) in [5, 5.41) is 5.91. The number of aromatic nitrogens is 2. The molecule has 1 aliphatic carbocycles. The van der Waals surface area contributed by atoms with E-state index in [2.05, 4.69) is 15.6 Å². The molecule has 1 aliphatic heterocycles. The number of methoxy groups -OCH3 is 1. The fraction of sp³-hybridized carbons (Fsp3) is 0.357.